The van der Waals surface area contributed by atoms with Gasteiger partial charge in [0.25, 0.3) is 5.91 Å². The maximum absolute atomic E-state index is 13.1. The number of hydrogen-bond donors (Lipinski definition) is 3. The van der Waals surface area contributed by atoms with Crippen molar-refractivity contribution < 1.29 is 27.6 Å². The van der Waals surface area contributed by atoms with Crippen molar-refractivity contribution in [3.8, 4) is 0 Å². The zero-order chi connectivity index (χ0) is 30.7. The lowest BCUT2D eigenvalue weighted by Gasteiger charge is -2.34. The van der Waals surface area contributed by atoms with Crippen molar-refractivity contribution in [1.82, 2.24) is 14.9 Å². The minimum absolute atomic E-state index is 0.0674. The number of carbonyl (C=O) groups is 4. The Kier molecular flexibility index (Phi) is 8.77. The van der Waals surface area contributed by atoms with Crippen molar-refractivity contribution in [2.24, 2.45) is 0 Å². The van der Waals surface area contributed by atoms with Gasteiger partial charge >= 0.3 is 0 Å². The lowest BCUT2D eigenvalue weighted by molar-refractivity contribution is -0.115. The molecule has 10 nitrogen and oxygen atoms in total. The summed E-state index contributed by atoms with van der Waals surface area (Å²) in [5.74, 6) is -1.46. The Morgan fingerprint density at radius 1 is 0.884 bits per heavy atom. The number of Topliss-reactive ketones (excluding diaryl/α,β-unsaturated/α-hetero) is 2. The Labute approximate surface area is 254 Å². The Bertz CT molecular complexity index is 1730. The smallest absolute Gasteiger partial charge is 0.253 e. The number of fused-ring (bicyclic) bond motifs is 1. The number of nitrogens with one attached hydrogen (secondary N) is 3. The summed E-state index contributed by atoms with van der Waals surface area (Å²) in [6.45, 7) is 2.26. The number of nitrogens with zero attached hydrogens (tertiary/aromatic N) is 1. The number of aryl methyl sites for hydroxylation is 1. The van der Waals surface area contributed by atoms with E-state index in [0.717, 1.165) is 5.56 Å². The predicted molar refractivity (Wildman–Crippen MR) is 161 cm³/mol. The Balaban J connectivity index is 1.11. The molecule has 0 unspecified atom stereocenters. The van der Waals surface area contributed by atoms with E-state index in [1.54, 1.807) is 65.6 Å². The third-order valence-corrected chi connectivity index (χ3v) is 9.14. The first-order valence-corrected chi connectivity index (χ1v) is 15.5. The first-order chi connectivity index (χ1) is 20.5. The number of halogens is 1. The average Bonchev–Trinajstić information content (AvgIpc) is 3.02. The van der Waals surface area contributed by atoms with Gasteiger partial charge in [-0.05, 0) is 56.2 Å². The van der Waals surface area contributed by atoms with Gasteiger partial charge in [-0.15, -0.1) is 0 Å². The largest absolute Gasteiger partial charge is 0.378 e. The van der Waals surface area contributed by atoms with Gasteiger partial charge in [0.05, 0.1) is 11.4 Å². The maximum atomic E-state index is 13.1. The molecule has 0 bridgehead atoms. The standard InChI is InChI=1S/C31H29ClN4O6S/c1-19-6-12-23(13-7-19)43(41,42)33-18-26(37)34-21-10-8-20(9-11-21)31(40)36-16-14-22(15-17-36)35-28-27(32)29(38)24-4-2-3-5-25(24)30(28)39/h2-13,22,33,35H,14-18H2,1H3,(H,34,37). The van der Waals surface area contributed by atoms with E-state index < -0.39 is 28.3 Å². The molecule has 12 heteroatoms. The van der Waals surface area contributed by atoms with Crippen LogP contribution in [0.5, 0.6) is 0 Å². The molecular weight excluding hydrogens is 592 g/mol. The number of anilines is 1. The highest BCUT2D eigenvalue weighted by atomic mass is 35.5. The number of carbonyl (C=O) groups excluding carboxylic acids is 4. The molecule has 0 aromatic heterocycles. The fourth-order valence-electron chi connectivity index (χ4n) is 4.95. The Hall–Kier alpha value is -4.32. The molecule has 0 atom stereocenters. The number of ketones is 2. The third kappa shape index (κ3) is 6.69. The molecule has 1 aliphatic heterocycles. The SMILES string of the molecule is Cc1ccc(S(=O)(=O)NCC(=O)Nc2ccc(C(=O)N3CCC(NC4=C(Cl)C(=O)c5ccccc5C4=O)CC3)cc2)cc1. The van der Waals surface area contributed by atoms with Gasteiger partial charge in [-0.1, -0.05) is 53.6 Å². The van der Waals surface area contributed by atoms with Crippen LogP contribution in [0, 0.1) is 6.92 Å². The van der Waals surface area contributed by atoms with Gasteiger partial charge in [0, 0.05) is 41.5 Å². The third-order valence-electron chi connectivity index (χ3n) is 7.36. The molecule has 222 valence electrons. The van der Waals surface area contributed by atoms with Gasteiger partial charge in [-0.3, -0.25) is 19.2 Å². The Morgan fingerprint density at radius 3 is 2.12 bits per heavy atom. The predicted octanol–water partition coefficient (Wildman–Crippen LogP) is 3.64. The molecule has 2 aliphatic rings. The molecule has 0 saturated carbocycles. The first-order valence-electron chi connectivity index (χ1n) is 13.6. The quantitative estimate of drug-likeness (QED) is 0.349. The summed E-state index contributed by atoms with van der Waals surface area (Å²) in [6.07, 6.45) is 1.10. The van der Waals surface area contributed by atoms with Gasteiger partial charge in [0.2, 0.25) is 27.5 Å². The van der Waals surface area contributed by atoms with E-state index in [4.69, 9.17) is 11.6 Å². The van der Waals surface area contributed by atoms with Crippen LogP contribution < -0.4 is 15.4 Å². The number of allylic oxidation sites excluding steroid dienone is 2. The van der Waals surface area contributed by atoms with Crippen LogP contribution in [0.25, 0.3) is 0 Å². The molecule has 3 aromatic carbocycles. The summed E-state index contributed by atoms with van der Waals surface area (Å²) in [6, 6.07) is 19.0. The maximum Gasteiger partial charge on any atom is 0.253 e. The van der Waals surface area contributed by atoms with Crippen LogP contribution >= 0.6 is 11.6 Å². The molecule has 1 aliphatic carbocycles. The van der Waals surface area contributed by atoms with E-state index in [1.165, 1.54) is 12.1 Å². The van der Waals surface area contributed by atoms with Crippen LogP contribution in [-0.4, -0.2) is 62.4 Å². The normalized spacial score (nSPS) is 15.7. The fraction of sp³-hybridized carbons (Fsp3) is 0.226. The summed E-state index contributed by atoms with van der Waals surface area (Å²) < 4.78 is 27.1. The number of rotatable bonds is 8. The fourth-order valence-corrected chi connectivity index (χ4v) is 6.17. The van der Waals surface area contributed by atoms with Gasteiger partial charge in [-0.2, -0.15) is 0 Å². The molecule has 3 N–H and O–H groups in total. The number of amides is 2. The second-order valence-electron chi connectivity index (χ2n) is 10.4. The summed E-state index contributed by atoms with van der Waals surface area (Å²) in [4.78, 5) is 52.8. The highest BCUT2D eigenvalue weighted by Gasteiger charge is 2.33. The van der Waals surface area contributed by atoms with E-state index in [9.17, 15) is 27.6 Å². The molecule has 1 saturated heterocycles. The van der Waals surface area contributed by atoms with Crippen molar-refractivity contribution in [1.29, 1.82) is 0 Å². The summed E-state index contributed by atoms with van der Waals surface area (Å²) in [5, 5.41) is 5.63. The van der Waals surface area contributed by atoms with Crippen molar-refractivity contribution in [3.63, 3.8) is 0 Å². The van der Waals surface area contributed by atoms with E-state index >= 15 is 0 Å². The number of benzene rings is 3. The van der Waals surface area contributed by atoms with Crippen molar-refractivity contribution >= 4 is 50.7 Å². The first kappa shape index (κ1) is 30.1. The molecule has 5 rings (SSSR count). The highest BCUT2D eigenvalue weighted by Crippen LogP contribution is 2.28. The monoisotopic (exact) mass is 620 g/mol. The van der Waals surface area contributed by atoms with E-state index in [0.29, 0.717) is 42.7 Å². The topological polar surface area (TPSA) is 142 Å². The van der Waals surface area contributed by atoms with Crippen LogP contribution in [0.15, 0.2) is 88.4 Å². The van der Waals surface area contributed by atoms with Crippen molar-refractivity contribution in [2.75, 3.05) is 25.0 Å². The zero-order valence-corrected chi connectivity index (χ0v) is 24.8. The molecule has 0 spiro atoms. The molecule has 1 fully saturated rings. The number of piperidine rings is 1. The zero-order valence-electron chi connectivity index (χ0n) is 23.2. The van der Waals surface area contributed by atoms with E-state index in [1.807, 2.05) is 6.92 Å². The lowest BCUT2D eigenvalue weighted by Crippen LogP contribution is -2.46. The molecule has 3 aromatic rings. The molecule has 1 heterocycles. The van der Waals surface area contributed by atoms with Crippen LogP contribution in [0.3, 0.4) is 0 Å². The van der Waals surface area contributed by atoms with Gasteiger partial charge in [0.15, 0.2) is 0 Å². The summed E-state index contributed by atoms with van der Waals surface area (Å²) >= 11 is 6.27. The second kappa shape index (κ2) is 12.5. The number of likely N-dealkylation sites (tertiary alicyclic amines) is 1. The molecule has 43 heavy (non-hydrogen) atoms. The molecule has 2 amide bonds. The lowest BCUT2D eigenvalue weighted by atomic mass is 9.91. The second-order valence-corrected chi connectivity index (χ2v) is 12.5. The minimum Gasteiger partial charge on any atom is -0.378 e. The average molecular weight is 621 g/mol. The van der Waals surface area contributed by atoms with Gasteiger partial charge < -0.3 is 15.5 Å². The van der Waals surface area contributed by atoms with E-state index in [2.05, 4.69) is 15.4 Å². The molecule has 0 radical (unpaired) electrons. The van der Waals surface area contributed by atoms with E-state index in [-0.39, 0.29) is 38.9 Å². The van der Waals surface area contributed by atoms with Gasteiger partial charge in [-0.25, -0.2) is 13.1 Å². The molecular formula is C31H29ClN4O6S. The highest BCUT2D eigenvalue weighted by molar-refractivity contribution is 7.89. The van der Waals surface area contributed by atoms with Crippen LogP contribution in [0.1, 0.15) is 49.5 Å². The summed E-state index contributed by atoms with van der Waals surface area (Å²) in [5.41, 5.74) is 2.46. The minimum atomic E-state index is -3.83. The number of hydrogen-bond acceptors (Lipinski definition) is 7. The van der Waals surface area contributed by atoms with Gasteiger partial charge in [0.1, 0.15) is 10.7 Å². The number of sulfonamides is 1. The van der Waals surface area contributed by atoms with Crippen LogP contribution in [0.4, 0.5) is 5.69 Å². The Morgan fingerprint density at radius 2 is 1.49 bits per heavy atom. The summed E-state index contributed by atoms with van der Waals surface area (Å²) in [7, 11) is -3.83. The van der Waals surface area contributed by atoms with Crippen LogP contribution in [-0.2, 0) is 14.8 Å². The van der Waals surface area contributed by atoms with Crippen molar-refractivity contribution in [2.45, 2.75) is 30.7 Å². The van der Waals surface area contributed by atoms with Crippen LogP contribution in [0.2, 0.25) is 0 Å². The van der Waals surface area contributed by atoms with Crippen molar-refractivity contribution in [3.05, 3.63) is 106 Å².